The quantitative estimate of drug-likeness (QED) is 0.933. The van der Waals surface area contributed by atoms with Crippen molar-refractivity contribution in [1.29, 1.82) is 0 Å². The Bertz CT molecular complexity index is 637. The highest BCUT2D eigenvalue weighted by Gasteiger charge is 2.32. The van der Waals surface area contributed by atoms with Gasteiger partial charge >= 0.3 is 0 Å². The van der Waals surface area contributed by atoms with Crippen LogP contribution in [0.15, 0.2) is 30.5 Å². The monoisotopic (exact) mass is 303 g/mol. The third-order valence-corrected chi connectivity index (χ3v) is 5.09. The Morgan fingerprint density at radius 1 is 1.29 bits per heavy atom. The molecule has 1 aromatic carbocycles. The van der Waals surface area contributed by atoms with Gasteiger partial charge in [0.25, 0.3) is 0 Å². The molecule has 1 saturated heterocycles. The molecule has 0 spiro atoms. The van der Waals surface area contributed by atoms with Crippen LogP contribution in [-0.4, -0.2) is 30.2 Å². The first-order chi connectivity index (χ1) is 10.2. The van der Waals surface area contributed by atoms with Crippen molar-refractivity contribution in [2.75, 3.05) is 24.5 Å². The van der Waals surface area contributed by atoms with Gasteiger partial charge in [0, 0.05) is 36.8 Å². The average molecular weight is 304 g/mol. The molecular weight excluding hydrogens is 282 g/mol. The molecule has 1 fully saturated rings. The molecule has 0 aliphatic carbocycles. The minimum atomic E-state index is 0.207. The van der Waals surface area contributed by atoms with Crippen molar-refractivity contribution < 1.29 is 0 Å². The lowest BCUT2D eigenvalue weighted by molar-refractivity contribution is 0.277. The number of hydrogen-bond donors (Lipinski definition) is 1. The third kappa shape index (κ3) is 2.60. The van der Waals surface area contributed by atoms with Crippen molar-refractivity contribution in [3.8, 4) is 0 Å². The molecule has 0 radical (unpaired) electrons. The van der Waals surface area contributed by atoms with Crippen LogP contribution in [0.3, 0.4) is 0 Å². The van der Waals surface area contributed by atoms with Crippen LogP contribution in [0.1, 0.15) is 26.7 Å². The zero-order valence-corrected chi connectivity index (χ0v) is 13.5. The number of aromatic nitrogens is 1. The van der Waals surface area contributed by atoms with Gasteiger partial charge in [0.1, 0.15) is 0 Å². The number of anilines is 1. The van der Waals surface area contributed by atoms with Crippen molar-refractivity contribution in [3.05, 3.63) is 35.5 Å². The van der Waals surface area contributed by atoms with Gasteiger partial charge in [-0.25, -0.2) is 0 Å². The molecule has 1 aromatic heterocycles. The summed E-state index contributed by atoms with van der Waals surface area (Å²) in [5, 5.41) is 5.51. The molecule has 0 atom stereocenters. The summed E-state index contributed by atoms with van der Waals surface area (Å²) in [5.41, 5.74) is 2.41. The van der Waals surface area contributed by atoms with E-state index in [0.717, 1.165) is 48.4 Å². The summed E-state index contributed by atoms with van der Waals surface area (Å²) in [4.78, 5) is 7.02. The molecule has 3 nitrogen and oxygen atoms in total. The summed E-state index contributed by atoms with van der Waals surface area (Å²) >= 11 is 6.31. The van der Waals surface area contributed by atoms with Crippen LogP contribution in [0.2, 0.25) is 5.02 Å². The Labute approximate surface area is 131 Å². The molecule has 0 bridgehead atoms. The SMILES string of the molecule is CCC1(CC)CN(c2ccc(Cl)c3cccnc23)CCN1. The van der Waals surface area contributed by atoms with Crippen LogP contribution in [0.5, 0.6) is 0 Å². The van der Waals surface area contributed by atoms with Gasteiger partial charge < -0.3 is 10.2 Å². The standard InChI is InChI=1S/C17H22ClN3/c1-3-17(4-2)12-21(11-10-20-17)15-8-7-14(18)13-6-5-9-19-16(13)15/h5-9,20H,3-4,10-12H2,1-2H3. The zero-order chi connectivity index (χ0) is 14.9. The normalized spacial score (nSPS) is 18.1. The van der Waals surface area contributed by atoms with Crippen molar-refractivity contribution in [3.63, 3.8) is 0 Å². The van der Waals surface area contributed by atoms with E-state index in [2.05, 4.69) is 35.1 Å². The van der Waals surface area contributed by atoms with E-state index in [-0.39, 0.29) is 5.54 Å². The Morgan fingerprint density at radius 3 is 2.86 bits per heavy atom. The minimum Gasteiger partial charge on any atom is -0.367 e. The average Bonchev–Trinajstić information content (AvgIpc) is 2.55. The molecule has 3 rings (SSSR count). The van der Waals surface area contributed by atoms with E-state index in [9.17, 15) is 0 Å². The number of pyridine rings is 1. The topological polar surface area (TPSA) is 28.2 Å². The molecule has 4 heteroatoms. The van der Waals surface area contributed by atoms with E-state index in [0.29, 0.717) is 0 Å². The highest BCUT2D eigenvalue weighted by molar-refractivity contribution is 6.35. The van der Waals surface area contributed by atoms with Gasteiger partial charge in [-0.15, -0.1) is 0 Å². The van der Waals surface area contributed by atoms with Crippen LogP contribution >= 0.6 is 11.6 Å². The molecular formula is C17H22ClN3. The summed E-state index contributed by atoms with van der Waals surface area (Å²) in [6, 6.07) is 8.09. The van der Waals surface area contributed by atoms with Crippen LogP contribution in [0, 0.1) is 0 Å². The maximum atomic E-state index is 6.31. The number of benzene rings is 1. The fourth-order valence-electron chi connectivity index (χ4n) is 3.26. The number of nitrogens with zero attached hydrogens (tertiary/aromatic N) is 2. The highest BCUT2D eigenvalue weighted by atomic mass is 35.5. The summed E-state index contributed by atoms with van der Waals surface area (Å²) < 4.78 is 0. The molecule has 1 N–H and O–H groups in total. The second-order valence-electron chi connectivity index (χ2n) is 5.80. The van der Waals surface area contributed by atoms with Gasteiger partial charge in [-0.3, -0.25) is 4.98 Å². The molecule has 0 saturated carbocycles. The number of rotatable bonds is 3. The molecule has 0 amide bonds. The van der Waals surface area contributed by atoms with Crippen molar-refractivity contribution >= 4 is 28.2 Å². The second kappa shape index (κ2) is 5.82. The van der Waals surface area contributed by atoms with E-state index in [4.69, 9.17) is 11.6 Å². The van der Waals surface area contributed by atoms with E-state index >= 15 is 0 Å². The summed E-state index contributed by atoms with van der Waals surface area (Å²) in [7, 11) is 0. The Balaban J connectivity index is 2.03. The van der Waals surface area contributed by atoms with Gasteiger partial charge in [-0.1, -0.05) is 25.4 Å². The number of halogens is 1. The smallest absolute Gasteiger partial charge is 0.0950 e. The van der Waals surface area contributed by atoms with E-state index in [1.54, 1.807) is 0 Å². The Morgan fingerprint density at radius 2 is 2.10 bits per heavy atom. The lowest BCUT2D eigenvalue weighted by Gasteiger charge is -2.44. The van der Waals surface area contributed by atoms with Gasteiger partial charge in [0.2, 0.25) is 0 Å². The molecule has 21 heavy (non-hydrogen) atoms. The van der Waals surface area contributed by atoms with Gasteiger partial charge in [-0.05, 0) is 37.1 Å². The van der Waals surface area contributed by atoms with Crippen molar-refractivity contribution in [2.45, 2.75) is 32.2 Å². The van der Waals surface area contributed by atoms with Gasteiger partial charge in [0.05, 0.1) is 16.2 Å². The lowest BCUT2D eigenvalue weighted by Crippen LogP contribution is -2.60. The molecule has 2 heterocycles. The van der Waals surface area contributed by atoms with E-state index in [1.807, 2.05) is 24.4 Å². The van der Waals surface area contributed by atoms with Crippen molar-refractivity contribution in [2.24, 2.45) is 0 Å². The molecule has 0 unspecified atom stereocenters. The number of hydrogen-bond acceptors (Lipinski definition) is 3. The zero-order valence-electron chi connectivity index (χ0n) is 12.7. The number of fused-ring (bicyclic) bond motifs is 1. The van der Waals surface area contributed by atoms with Crippen LogP contribution in [0.25, 0.3) is 10.9 Å². The molecule has 1 aliphatic heterocycles. The molecule has 1 aliphatic rings. The predicted octanol–water partition coefficient (Wildman–Crippen LogP) is 3.86. The second-order valence-corrected chi connectivity index (χ2v) is 6.21. The fraction of sp³-hybridized carbons (Fsp3) is 0.471. The molecule has 2 aromatic rings. The number of piperazine rings is 1. The largest absolute Gasteiger partial charge is 0.367 e. The fourth-order valence-corrected chi connectivity index (χ4v) is 3.48. The maximum absolute atomic E-state index is 6.31. The summed E-state index contributed by atoms with van der Waals surface area (Å²) in [6.45, 7) is 7.57. The highest BCUT2D eigenvalue weighted by Crippen LogP contribution is 2.32. The van der Waals surface area contributed by atoms with Crippen molar-refractivity contribution in [1.82, 2.24) is 10.3 Å². The number of nitrogens with one attached hydrogen (secondary N) is 1. The van der Waals surface area contributed by atoms with Gasteiger partial charge in [0.15, 0.2) is 0 Å². The third-order valence-electron chi connectivity index (χ3n) is 4.76. The predicted molar refractivity (Wildman–Crippen MR) is 90.3 cm³/mol. The van der Waals surface area contributed by atoms with E-state index in [1.165, 1.54) is 5.69 Å². The first-order valence-electron chi connectivity index (χ1n) is 7.72. The first-order valence-corrected chi connectivity index (χ1v) is 8.10. The Kier molecular flexibility index (Phi) is 4.05. The van der Waals surface area contributed by atoms with Crippen LogP contribution in [-0.2, 0) is 0 Å². The molecule has 112 valence electrons. The minimum absolute atomic E-state index is 0.207. The maximum Gasteiger partial charge on any atom is 0.0950 e. The van der Waals surface area contributed by atoms with E-state index < -0.39 is 0 Å². The summed E-state index contributed by atoms with van der Waals surface area (Å²) in [5.74, 6) is 0. The summed E-state index contributed by atoms with van der Waals surface area (Å²) in [6.07, 6.45) is 4.12. The Hall–Kier alpha value is -1.32. The lowest BCUT2D eigenvalue weighted by atomic mass is 9.90. The van der Waals surface area contributed by atoms with Crippen LogP contribution < -0.4 is 10.2 Å². The van der Waals surface area contributed by atoms with Gasteiger partial charge in [-0.2, -0.15) is 0 Å². The first kappa shape index (κ1) is 14.6. The van der Waals surface area contributed by atoms with Crippen LogP contribution in [0.4, 0.5) is 5.69 Å².